The van der Waals surface area contributed by atoms with E-state index in [1.54, 1.807) is 0 Å². The lowest BCUT2D eigenvalue weighted by Crippen LogP contribution is -2.40. The highest BCUT2D eigenvalue weighted by atomic mass is 32.1. The molecule has 1 N–H and O–H groups in total. The van der Waals surface area contributed by atoms with Crippen LogP contribution in [0.15, 0.2) is 24.3 Å². The van der Waals surface area contributed by atoms with Crippen LogP contribution >= 0.6 is 11.3 Å². The lowest BCUT2D eigenvalue weighted by atomic mass is 9.94. The van der Waals surface area contributed by atoms with E-state index in [1.165, 1.54) is 42.2 Å². The Hall–Kier alpha value is -0.970. The van der Waals surface area contributed by atoms with Crippen molar-refractivity contribution in [3.8, 4) is 0 Å². The Bertz CT molecular complexity index is 562. The van der Waals surface area contributed by atoms with E-state index in [2.05, 4.69) is 41.4 Å². The van der Waals surface area contributed by atoms with Crippen LogP contribution in [0, 0.1) is 5.92 Å². The first-order chi connectivity index (χ1) is 9.81. The van der Waals surface area contributed by atoms with Crippen LogP contribution in [-0.2, 0) is 0 Å². The molecule has 1 unspecified atom stereocenters. The van der Waals surface area contributed by atoms with Crippen LogP contribution in [-0.4, -0.2) is 35.6 Å². The Morgan fingerprint density at radius 2 is 2.25 bits per heavy atom. The summed E-state index contributed by atoms with van der Waals surface area (Å²) in [6, 6.07) is 9.62. The lowest BCUT2D eigenvalue weighted by molar-refractivity contribution is 0.250. The number of thiazole rings is 1. The van der Waals surface area contributed by atoms with Gasteiger partial charge in [-0.25, -0.2) is 4.98 Å². The van der Waals surface area contributed by atoms with Crippen molar-refractivity contribution in [3.63, 3.8) is 0 Å². The van der Waals surface area contributed by atoms with Gasteiger partial charge in [0.1, 0.15) is 5.01 Å². The van der Waals surface area contributed by atoms with Crippen LogP contribution in [0.1, 0.15) is 30.8 Å². The van der Waals surface area contributed by atoms with Crippen LogP contribution in [0.25, 0.3) is 10.2 Å². The Kier molecular flexibility index (Phi) is 3.25. The van der Waals surface area contributed by atoms with Gasteiger partial charge in [-0.05, 0) is 44.4 Å². The SMILES string of the molecule is CC(c1nc2ccccc2s1)N1C[C@@H]2CCCN[C@@H]2C1. The summed E-state index contributed by atoms with van der Waals surface area (Å²) >= 11 is 1.85. The second kappa shape index (κ2) is 5.10. The Balaban J connectivity index is 1.56. The molecule has 3 heterocycles. The van der Waals surface area contributed by atoms with Gasteiger partial charge < -0.3 is 5.32 Å². The van der Waals surface area contributed by atoms with Gasteiger partial charge in [-0.3, -0.25) is 4.90 Å². The summed E-state index contributed by atoms with van der Waals surface area (Å²) in [6.07, 6.45) is 2.73. The van der Waals surface area contributed by atoms with Crippen LogP contribution in [0.3, 0.4) is 0 Å². The number of likely N-dealkylation sites (tertiary alicyclic amines) is 1. The van der Waals surface area contributed by atoms with Crippen LogP contribution in [0.4, 0.5) is 0 Å². The summed E-state index contributed by atoms with van der Waals surface area (Å²) in [4.78, 5) is 7.45. The van der Waals surface area contributed by atoms with E-state index < -0.39 is 0 Å². The molecule has 2 saturated heterocycles. The fourth-order valence-electron chi connectivity index (χ4n) is 3.62. The highest BCUT2D eigenvalue weighted by molar-refractivity contribution is 7.18. The second-order valence-electron chi connectivity index (χ2n) is 6.11. The normalized spacial score (nSPS) is 28.6. The number of para-hydroxylation sites is 1. The van der Waals surface area contributed by atoms with Crippen molar-refractivity contribution in [1.82, 2.24) is 15.2 Å². The van der Waals surface area contributed by atoms with Crippen molar-refractivity contribution in [3.05, 3.63) is 29.3 Å². The Morgan fingerprint density at radius 1 is 1.35 bits per heavy atom. The van der Waals surface area contributed by atoms with Gasteiger partial charge in [0, 0.05) is 19.1 Å². The van der Waals surface area contributed by atoms with Crippen molar-refractivity contribution in [2.75, 3.05) is 19.6 Å². The van der Waals surface area contributed by atoms with E-state index >= 15 is 0 Å². The highest BCUT2D eigenvalue weighted by Crippen LogP contribution is 2.34. The van der Waals surface area contributed by atoms with Gasteiger partial charge in [-0.15, -0.1) is 11.3 Å². The third-order valence-corrected chi connectivity index (χ3v) is 6.05. The number of nitrogens with zero attached hydrogens (tertiary/aromatic N) is 2. The Labute approximate surface area is 124 Å². The maximum atomic E-state index is 4.83. The third-order valence-electron chi connectivity index (χ3n) is 4.84. The van der Waals surface area contributed by atoms with Gasteiger partial charge in [0.05, 0.1) is 16.3 Å². The quantitative estimate of drug-likeness (QED) is 0.920. The summed E-state index contributed by atoms with van der Waals surface area (Å²) in [6.45, 7) is 5.93. The average Bonchev–Trinajstić information content (AvgIpc) is 3.10. The molecule has 106 valence electrons. The predicted octanol–water partition coefficient (Wildman–Crippen LogP) is 3.04. The largest absolute Gasteiger partial charge is 0.312 e. The fourth-order valence-corrected chi connectivity index (χ4v) is 4.68. The van der Waals surface area contributed by atoms with Gasteiger partial charge in [0.25, 0.3) is 0 Å². The number of hydrogen-bond acceptors (Lipinski definition) is 4. The third kappa shape index (κ3) is 2.16. The number of fused-ring (bicyclic) bond motifs is 2. The smallest absolute Gasteiger partial charge is 0.111 e. The van der Waals surface area contributed by atoms with Gasteiger partial charge in [-0.2, -0.15) is 0 Å². The molecular weight excluding hydrogens is 266 g/mol. The first kappa shape index (κ1) is 12.7. The van der Waals surface area contributed by atoms with Crippen molar-refractivity contribution < 1.29 is 0 Å². The van der Waals surface area contributed by atoms with E-state index in [4.69, 9.17) is 4.98 Å². The zero-order chi connectivity index (χ0) is 13.5. The van der Waals surface area contributed by atoms with Crippen molar-refractivity contribution in [2.24, 2.45) is 5.92 Å². The van der Waals surface area contributed by atoms with Crippen LogP contribution in [0.5, 0.6) is 0 Å². The molecule has 0 radical (unpaired) electrons. The van der Waals surface area contributed by atoms with E-state index in [0.717, 1.165) is 11.4 Å². The van der Waals surface area contributed by atoms with E-state index in [-0.39, 0.29) is 0 Å². The van der Waals surface area contributed by atoms with Crippen LogP contribution < -0.4 is 5.32 Å². The van der Waals surface area contributed by atoms with E-state index in [0.29, 0.717) is 12.1 Å². The summed E-state index contributed by atoms with van der Waals surface area (Å²) < 4.78 is 1.31. The standard InChI is InChI=1S/C16H21N3S/c1-11(16-18-13-6-2-3-7-15(13)20-16)19-9-12-5-4-8-17-14(12)10-19/h2-3,6-7,11-12,14,17H,4-5,8-10H2,1H3/t11?,12-,14+/m0/s1. The molecule has 1 aromatic heterocycles. The minimum atomic E-state index is 0.444. The van der Waals surface area contributed by atoms with Gasteiger partial charge in [-0.1, -0.05) is 12.1 Å². The monoisotopic (exact) mass is 287 g/mol. The maximum Gasteiger partial charge on any atom is 0.111 e. The fraction of sp³-hybridized carbons (Fsp3) is 0.562. The zero-order valence-corrected chi connectivity index (χ0v) is 12.7. The van der Waals surface area contributed by atoms with Crippen molar-refractivity contribution in [1.29, 1.82) is 0 Å². The number of rotatable bonds is 2. The molecule has 2 aliphatic heterocycles. The molecule has 2 aromatic rings. The summed E-state index contributed by atoms with van der Waals surface area (Å²) in [7, 11) is 0. The number of benzene rings is 1. The zero-order valence-electron chi connectivity index (χ0n) is 11.9. The van der Waals surface area contributed by atoms with Crippen molar-refractivity contribution >= 4 is 21.6 Å². The lowest BCUT2D eigenvalue weighted by Gasteiger charge is -2.24. The predicted molar refractivity (Wildman–Crippen MR) is 84.1 cm³/mol. The summed E-state index contributed by atoms with van der Waals surface area (Å²) in [5.41, 5.74) is 1.15. The van der Waals surface area contributed by atoms with Gasteiger partial charge in [0.15, 0.2) is 0 Å². The first-order valence-corrected chi connectivity index (χ1v) is 8.46. The molecule has 0 spiro atoms. The van der Waals surface area contributed by atoms with E-state index in [1.807, 2.05) is 11.3 Å². The van der Waals surface area contributed by atoms with Gasteiger partial charge >= 0.3 is 0 Å². The van der Waals surface area contributed by atoms with E-state index in [9.17, 15) is 0 Å². The molecular formula is C16H21N3S. The summed E-state index contributed by atoms with van der Waals surface area (Å²) in [5.74, 6) is 0.848. The maximum absolute atomic E-state index is 4.83. The molecule has 3 nitrogen and oxygen atoms in total. The minimum Gasteiger partial charge on any atom is -0.312 e. The van der Waals surface area contributed by atoms with Crippen LogP contribution in [0.2, 0.25) is 0 Å². The molecule has 2 aliphatic rings. The number of nitrogens with one attached hydrogen (secondary N) is 1. The topological polar surface area (TPSA) is 28.2 Å². The molecule has 4 heteroatoms. The number of piperidine rings is 1. The Morgan fingerprint density at radius 3 is 3.10 bits per heavy atom. The molecule has 3 atom stereocenters. The average molecular weight is 287 g/mol. The molecule has 0 amide bonds. The number of aromatic nitrogens is 1. The molecule has 4 rings (SSSR count). The molecule has 2 fully saturated rings. The summed E-state index contributed by atoms with van der Waals surface area (Å²) in [5, 5.41) is 4.95. The minimum absolute atomic E-state index is 0.444. The molecule has 0 saturated carbocycles. The highest BCUT2D eigenvalue weighted by Gasteiger charge is 2.36. The second-order valence-corrected chi connectivity index (χ2v) is 7.17. The van der Waals surface area contributed by atoms with Crippen molar-refractivity contribution in [2.45, 2.75) is 31.8 Å². The first-order valence-electron chi connectivity index (χ1n) is 7.64. The molecule has 0 bridgehead atoms. The van der Waals surface area contributed by atoms with Gasteiger partial charge in [0.2, 0.25) is 0 Å². The molecule has 20 heavy (non-hydrogen) atoms. The number of hydrogen-bond donors (Lipinski definition) is 1. The molecule has 1 aromatic carbocycles. The molecule has 0 aliphatic carbocycles.